The molecule has 128 valence electrons. The van der Waals surface area contributed by atoms with Crippen LogP contribution in [0.1, 0.15) is 69.5 Å². The molecule has 4 nitrogen and oxygen atoms in total. The van der Waals surface area contributed by atoms with Crippen molar-refractivity contribution in [2.45, 2.75) is 59.8 Å². The molecule has 2 aromatic rings. The second-order valence-electron chi connectivity index (χ2n) is 6.09. The molecule has 1 atom stereocenters. The maximum absolute atomic E-state index is 4.53. The normalized spacial score (nSPS) is 13.0. The lowest BCUT2D eigenvalue weighted by Crippen LogP contribution is -2.08. The summed E-state index contributed by atoms with van der Waals surface area (Å²) >= 11 is 0. The highest BCUT2D eigenvalue weighted by molar-refractivity contribution is 6.00. The van der Waals surface area contributed by atoms with E-state index < -0.39 is 0 Å². The van der Waals surface area contributed by atoms with Crippen molar-refractivity contribution < 1.29 is 0 Å². The fourth-order valence-corrected chi connectivity index (χ4v) is 2.64. The van der Waals surface area contributed by atoms with Gasteiger partial charge in [-0.05, 0) is 43.7 Å². The van der Waals surface area contributed by atoms with Crippen LogP contribution in [0, 0.1) is 0 Å². The first-order valence-electron chi connectivity index (χ1n) is 8.85. The Hall–Kier alpha value is -2.23. The molecule has 1 heterocycles. The largest absolute Gasteiger partial charge is 0.245 e. The van der Waals surface area contributed by atoms with Crippen molar-refractivity contribution in [3.8, 4) is 0 Å². The number of aromatic nitrogens is 2. The van der Waals surface area contributed by atoms with E-state index in [1.54, 1.807) is 0 Å². The Labute approximate surface area is 145 Å². The molecule has 1 N–H and O–H groups in total. The second-order valence-corrected chi connectivity index (χ2v) is 6.09. The molecule has 4 heteroatoms. The van der Waals surface area contributed by atoms with Gasteiger partial charge in [-0.15, -0.1) is 0 Å². The van der Waals surface area contributed by atoms with Crippen molar-refractivity contribution in [2.24, 2.45) is 5.10 Å². The molecular formula is C20H28N4. The van der Waals surface area contributed by atoms with Crippen LogP contribution < -0.4 is 5.43 Å². The van der Waals surface area contributed by atoms with Gasteiger partial charge in [0.05, 0.1) is 5.71 Å². The Balaban J connectivity index is 2.27. The van der Waals surface area contributed by atoms with Gasteiger partial charge in [0.1, 0.15) is 0 Å². The quantitative estimate of drug-likeness (QED) is 0.579. The molecule has 0 fully saturated rings. The highest BCUT2D eigenvalue weighted by Gasteiger charge is 2.10. The van der Waals surface area contributed by atoms with Gasteiger partial charge in [-0.25, -0.2) is 15.4 Å². The van der Waals surface area contributed by atoms with Crippen LogP contribution in [-0.2, 0) is 12.8 Å². The Morgan fingerprint density at radius 3 is 2.29 bits per heavy atom. The summed E-state index contributed by atoms with van der Waals surface area (Å²) in [5.74, 6) is 1.09. The number of nitrogens with one attached hydrogen (secondary N) is 1. The van der Waals surface area contributed by atoms with Crippen LogP contribution in [0.25, 0.3) is 0 Å². The standard InChI is InChI=1S/C20H28N4/c1-6-14(4)18-11-9-10-12-19(18)15(5)23-24-20-21-16(7-2)13-17(8-3)22-20/h9-14H,6-8H2,1-5H3,(H,21,22,24). The minimum atomic E-state index is 0.512. The molecule has 0 aliphatic heterocycles. The van der Waals surface area contributed by atoms with Crippen LogP contribution in [0.2, 0.25) is 0 Å². The first kappa shape index (κ1) is 18.1. The Morgan fingerprint density at radius 1 is 1.08 bits per heavy atom. The Bertz CT molecular complexity index is 684. The van der Waals surface area contributed by atoms with Crippen molar-refractivity contribution >= 4 is 11.7 Å². The fraction of sp³-hybridized carbons (Fsp3) is 0.450. The summed E-state index contributed by atoms with van der Waals surface area (Å²) < 4.78 is 0. The lowest BCUT2D eigenvalue weighted by atomic mass is 9.92. The molecule has 1 unspecified atom stereocenters. The first-order valence-corrected chi connectivity index (χ1v) is 8.85. The van der Waals surface area contributed by atoms with E-state index in [0.717, 1.165) is 36.4 Å². The van der Waals surface area contributed by atoms with Crippen molar-refractivity contribution in [1.82, 2.24) is 9.97 Å². The van der Waals surface area contributed by atoms with Gasteiger partial charge in [-0.3, -0.25) is 0 Å². The topological polar surface area (TPSA) is 50.2 Å². The minimum absolute atomic E-state index is 0.512. The van der Waals surface area contributed by atoms with Crippen LogP contribution in [0.5, 0.6) is 0 Å². The molecule has 0 amide bonds. The molecule has 1 aromatic heterocycles. The number of aryl methyl sites for hydroxylation is 2. The van der Waals surface area contributed by atoms with E-state index in [1.165, 1.54) is 11.1 Å². The van der Waals surface area contributed by atoms with Crippen LogP contribution >= 0.6 is 0 Å². The van der Waals surface area contributed by atoms with Crippen molar-refractivity contribution in [1.29, 1.82) is 0 Å². The number of hydrogen-bond donors (Lipinski definition) is 1. The molecule has 24 heavy (non-hydrogen) atoms. The van der Waals surface area contributed by atoms with Crippen molar-refractivity contribution in [2.75, 3.05) is 5.43 Å². The highest BCUT2D eigenvalue weighted by Crippen LogP contribution is 2.23. The summed E-state index contributed by atoms with van der Waals surface area (Å²) in [4.78, 5) is 9.02. The third-order valence-electron chi connectivity index (χ3n) is 4.37. The molecule has 0 saturated carbocycles. The van der Waals surface area contributed by atoms with Crippen LogP contribution in [0.4, 0.5) is 5.95 Å². The van der Waals surface area contributed by atoms with E-state index in [0.29, 0.717) is 11.9 Å². The van der Waals surface area contributed by atoms with Gasteiger partial charge in [0.15, 0.2) is 0 Å². The van der Waals surface area contributed by atoms with E-state index in [-0.39, 0.29) is 0 Å². The third kappa shape index (κ3) is 4.40. The van der Waals surface area contributed by atoms with E-state index >= 15 is 0 Å². The molecule has 0 spiro atoms. The number of nitrogens with zero attached hydrogens (tertiary/aromatic N) is 3. The van der Waals surface area contributed by atoms with Gasteiger partial charge in [-0.1, -0.05) is 52.0 Å². The Kier molecular flexibility index (Phi) is 6.47. The van der Waals surface area contributed by atoms with Crippen molar-refractivity contribution in [3.05, 3.63) is 52.8 Å². The second kappa shape index (κ2) is 8.57. The summed E-state index contributed by atoms with van der Waals surface area (Å²) in [6.45, 7) is 10.7. The number of anilines is 1. The summed E-state index contributed by atoms with van der Waals surface area (Å²) in [6.07, 6.45) is 2.90. The fourth-order valence-electron chi connectivity index (χ4n) is 2.64. The van der Waals surface area contributed by atoms with E-state index in [1.807, 2.05) is 6.92 Å². The monoisotopic (exact) mass is 324 g/mol. The summed E-state index contributed by atoms with van der Waals surface area (Å²) in [6, 6.07) is 10.5. The van der Waals surface area contributed by atoms with Crippen molar-refractivity contribution in [3.63, 3.8) is 0 Å². The molecule has 0 aliphatic rings. The first-order chi connectivity index (χ1) is 11.6. The van der Waals surface area contributed by atoms with Gasteiger partial charge in [0, 0.05) is 17.0 Å². The highest BCUT2D eigenvalue weighted by atomic mass is 15.4. The third-order valence-corrected chi connectivity index (χ3v) is 4.37. The number of hydrogen-bond acceptors (Lipinski definition) is 4. The number of benzene rings is 1. The summed E-state index contributed by atoms with van der Waals surface area (Å²) in [7, 11) is 0. The zero-order valence-corrected chi connectivity index (χ0v) is 15.4. The van der Waals surface area contributed by atoms with Gasteiger partial charge < -0.3 is 0 Å². The van der Waals surface area contributed by atoms with Gasteiger partial charge >= 0.3 is 0 Å². The molecule has 2 rings (SSSR count). The SMILES string of the molecule is CCc1cc(CC)nc(NN=C(C)c2ccccc2C(C)CC)n1. The average molecular weight is 324 g/mol. The van der Waals surface area contributed by atoms with Crippen LogP contribution in [-0.4, -0.2) is 15.7 Å². The maximum Gasteiger partial charge on any atom is 0.243 e. The van der Waals surface area contributed by atoms with Gasteiger partial charge in [0.25, 0.3) is 0 Å². The molecular weight excluding hydrogens is 296 g/mol. The Morgan fingerprint density at radius 2 is 1.71 bits per heavy atom. The zero-order chi connectivity index (χ0) is 17.5. The maximum atomic E-state index is 4.53. The summed E-state index contributed by atoms with van der Waals surface area (Å²) in [5, 5.41) is 4.53. The summed E-state index contributed by atoms with van der Waals surface area (Å²) in [5.41, 5.74) is 8.59. The molecule has 1 aromatic carbocycles. The average Bonchev–Trinajstić information content (AvgIpc) is 2.64. The lowest BCUT2D eigenvalue weighted by molar-refractivity contribution is 0.732. The molecule has 0 bridgehead atoms. The molecule has 0 saturated heterocycles. The lowest BCUT2D eigenvalue weighted by Gasteiger charge is -2.14. The zero-order valence-electron chi connectivity index (χ0n) is 15.4. The molecule has 0 radical (unpaired) electrons. The number of hydrazone groups is 1. The minimum Gasteiger partial charge on any atom is -0.245 e. The smallest absolute Gasteiger partial charge is 0.243 e. The van der Waals surface area contributed by atoms with Crippen LogP contribution in [0.3, 0.4) is 0 Å². The van der Waals surface area contributed by atoms with E-state index in [9.17, 15) is 0 Å². The number of rotatable bonds is 7. The van der Waals surface area contributed by atoms with Gasteiger partial charge in [-0.2, -0.15) is 5.10 Å². The molecule has 0 aliphatic carbocycles. The van der Waals surface area contributed by atoms with E-state index in [2.05, 4.69) is 78.5 Å². The van der Waals surface area contributed by atoms with Crippen LogP contribution in [0.15, 0.2) is 35.4 Å². The predicted molar refractivity (Wildman–Crippen MR) is 102 cm³/mol. The van der Waals surface area contributed by atoms with Gasteiger partial charge in [0.2, 0.25) is 5.95 Å². The predicted octanol–water partition coefficient (Wildman–Crippen LogP) is 4.95. The van der Waals surface area contributed by atoms with E-state index in [4.69, 9.17) is 0 Å².